The van der Waals surface area contributed by atoms with Crippen molar-refractivity contribution < 1.29 is 4.79 Å². The second kappa shape index (κ2) is 8.42. The van der Waals surface area contributed by atoms with E-state index >= 15 is 0 Å². The summed E-state index contributed by atoms with van der Waals surface area (Å²) in [6.45, 7) is 1.84. The van der Waals surface area contributed by atoms with Gasteiger partial charge in [0, 0.05) is 40.6 Å². The van der Waals surface area contributed by atoms with Crippen molar-refractivity contribution in [2.75, 3.05) is 6.54 Å². The number of nitrogens with two attached hydrogens (primary N) is 1. The number of rotatable bonds is 8. The van der Waals surface area contributed by atoms with Crippen molar-refractivity contribution in [1.82, 2.24) is 10.3 Å². The van der Waals surface area contributed by atoms with E-state index in [0.717, 1.165) is 37.0 Å². The lowest BCUT2D eigenvalue weighted by molar-refractivity contribution is 0.100. The molecule has 0 saturated carbocycles. The number of hydrogen-bond donors (Lipinski definition) is 3. The fourth-order valence-corrected chi connectivity index (χ4v) is 4.10. The van der Waals surface area contributed by atoms with E-state index < -0.39 is 5.91 Å². The summed E-state index contributed by atoms with van der Waals surface area (Å²) in [5.41, 5.74) is 10.7. The molecular weight excluding hydrogens is 366 g/mol. The van der Waals surface area contributed by atoms with Crippen LogP contribution in [-0.2, 0) is 19.4 Å². The molecule has 0 saturated heterocycles. The van der Waals surface area contributed by atoms with E-state index in [-0.39, 0.29) is 0 Å². The Balaban J connectivity index is 1.42. The maximum Gasteiger partial charge on any atom is 0.248 e. The summed E-state index contributed by atoms with van der Waals surface area (Å²) < 4.78 is 0. The summed E-state index contributed by atoms with van der Waals surface area (Å²) in [5.74, 6) is -0.394. The average molecular weight is 390 g/mol. The van der Waals surface area contributed by atoms with Crippen LogP contribution in [0.5, 0.6) is 0 Å². The van der Waals surface area contributed by atoms with E-state index in [1.807, 2.05) is 23.5 Å². The number of carbonyl (C=O) groups excluding carboxylic acids is 1. The van der Waals surface area contributed by atoms with Gasteiger partial charge in [-0.05, 0) is 65.2 Å². The van der Waals surface area contributed by atoms with Crippen LogP contribution in [0, 0.1) is 0 Å². The third-order valence-corrected chi connectivity index (χ3v) is 5.86. The van der Waals surface area contributed by atoms with E-state index in [1.54, 1.807) is 12.1 Å². The minimum absolute atomic E-state index is 0.394. The fourth-order valence-electron chi connectivity index (χ4n) is 3.39. The molecule has 2 heterocycles. The minimum atomic E-state index is -0.394. The molecule has 142 valence electrons. The molecule has 2 aromatic heterocycles. The van der Waals surface area contributed by atoms with Crippen LogP contribution in [0.2, 0.25) is 0 Å². The molecule has 0 bridgehead atoms. The monoisotopic (exact) mass is 389 g/mol. The van der Waals surface area contributed by atoms with Crippen LogP contribution in [0.3, 0.4) is 0 Å². The summed E-state index contributed by atoms with van der Waals surface area (Å²) in [4.78, 5) is 16.0. The van der Waals surface area contributed by atoms with E-state index in [0.29, 0.717) is 5.56 Å². The number of fused-ring (bicyclic) bond motifs is 1. The van der Waals surface area contributed by atoms with Crippen LogP contribution in [0.1, 0.15) is 31.9 Å². The van der Waals surface area contributed by atoms with Gasteiger partial charge in [0.05, 0.1) is 0 Å². The Bertz CT molecular complexity index is 1070. The van der Waals surface area contributed by atoms with Crippen molar-refractivity contribution in [3.05, 3.63) is 93.3 Å². The zero-order chi connectivity index (χ0) is 19.3. The van der Waals surface area contributed by atoms with Gasteiger partial charge in [0.2, 0.25) is 5.91 Å². The molecule has 4 aromatic rings. The van der Waals surface area contributed by atoms with Crippen molar-refractivity contribution in [3.63, 3.8) is 0 Å². The van der Waals surface area contributed by atoms with Gasteiger partial charge in [-0.15, -0.1) is 11.3 Å². The first kappa shape index (κ1) is 18.5. The van der Waals surface area contributed by atoms with Crippen molar-refractivity contribution in [1.29, 1.82) is 0 Å². The number of aromatic nitrogens is 1. The smallest absolute Gasteiger partial charge is 0.248 e. The normalized spacial score (nSPS) is 11.1. The van der Waals surface area contributed by atoms with Gasteiger partial charge < -0.3 is 16.0 Å². The molecule has 0 aliphatic rings. The average Bonchev–Trinajstić information content (AvgIpc) is 3.36. The molecule has 0 fully saturated rings. The molecule has 4 rings (SSSR count). The third-order valence-electron chi connectivity index (χ3n) is 4.92. The predicted octanol–water partition coefficient (Wildman–Crippen LogP) is 4.25. The minimum Gasteiger partial charge on any atom is -0.366 e. The zero-order valence-electron chi connectivity index (χ0n) is 15.6. The maximum atomic E-state index is 11.2. The summed E-state index contributed by atoms with van der Waals surface area (Å²) >= 11 is 1.81. The second-order valence-corrected chi connectivity index (χ2v) is 7.97. The number of hydrogen-bond acceptors (Lipinski definition) is 3. The number of carbonyl (C=O) groups is 1. The van der Waals surface area contributed by atoms with Gasteiger partial charge in [-0.25, -0.2) is 0 Å². The molecule has 28 heavy (non-hydrogen) atoms. The Hall–Kier alpha value is -2.89. The number of aromatic amines is 1. The van der Waals surface area contributed by atoms with Gasteiger partial charge in [0.25, 0.3) is 0 Å². The number of H-pyrrole nitrogens is 1. The van der Waals surface area contributed by atoms with E-state index in [2.05, 4.69) is 52.2 Å². The molecule has 0 aliphatic carbocycles. The lowest BCUT2D eigenvalue weighted by Crippen LogP contribution is -2.16. The molecule has 1 amide bonds. The van der Waals surface area contributed by atoms with Crippen LogP contribution in [-0.4, -0.2) is 17.4 Å². The number of primary amides is 1. The largest absolute Gasteiger partial charge is 0.366 e. The fraction of sp³-hybridized carbons (Fsp3) is 0.174. The zero-order valence-corrected chi connectivity index (χ0v) is 16.4. The van der Waals surface area contributed by atoms with Crippen LogP contribution in [0.4, 0.5) is 0 Å². The van der Waals surface area contributed by atoms with Crippen LogP contribution < -0.4 is 11.1 Å². The highest BCUT2D eigenvalue weighted by atomic mass is 32.1. The molecule has 4 N–H and O–H groups in total. The molecule has 0 atom stereocenters. The van der Waals surface area contributed by atoms with Gasteiger partial charge in [-0.2, -0.15) is 0 Å². The number of benzene rings is 2. The summed E-state index contributed by atoms with van der Waals surface area (Å²) in [5, 5.41) is 6.91. The maximum absolute atomic E-state index is 11.2. The van der Waals surface area contributed by atoms with Crippen molar-refractivity contribution >= 4 is 28.1 Å². The Morgan fingerprint density at radius 2 is 1.89 bits per heavy atom. The molecule has 5 heteroatoms. The molecule has 4 nitrogen and oxygen atoms in total. The Morgan fingerprint density at radius 1 is 1.07 bits per heavy atom. The summed E-state index contributed by atoms with van der Waals surface area (Å²) in [7, 11) is 0. The van der Waals surface area contributed by atoms with Gasteiger partial charge in [0.1, 0.15) is 0 Å². The first-order valence-corrected chi connectivity index (χ1v) is 10.3. The van der Waals surface area contributed by atoms with E-state index in [4.69, 9.17) is 5.73 Å². The lowest BCUT2D eigenvalue weighted by atomic mass is 10.0. The van der Waals surface area contributed by atoms with Gasteiger partial charge >= 0.3 is 0 Å². The van der Waals surface area contributed by atoms with Crippen LogP contribution >= 0.6 is 11.3 Å². The second-order valence-electron chi connectivity index (χ2n) is 6.94. The number of amides is 1. The quantitative estimate of drug-likeness (QED) is 0.394. The SMILES string of the molecule is NC(=O)c1ccc(Cc2c[nH]c3ccc(CNCCc4cccs4)cc23)cc1. The topological polar surface area (TPSA) is 70.9 Å². The molecule has 0 unspecified atom stereocenters. The van der Waals surface area contributed by atoms with Crippen molar-refractivity contribution in [2.45, 2.75) is 19.4 Å². The van der Waals surface area contributed by atoms with Crippen LogP contribution in [0.15, 0.2) is 66.2 Å². The number of nitrogens with one attached hydrogen (secondary N) is 2. The number of thiophene rings is 1. The Labute approximate surface area is 168 Å². The summed E-state index contributed by atoms with van der Waals surface area (Å²) in [6, 6.07) is 18.4. The molecule has 0 radical (unpaired) electrons. The Morgan fingerprint density at radius 3 is 2.64 bits per heavy atom. The third kappa shape index (κ3) is 4.32. The standard InChI is InChI=1S/C23H23N3OS/c24-23(27)18-6-3-16(4-7-18)12-19-15-26-22-8-5-17(13-21(19)22)14-25-10-9-20-2-1-11-28-20/h1-8,11,13,15,25-26H,9-10,12,14H2,(H2,24,27). The van der Waals surface area contributed by atoms with E-state index in [9.17, 15) is 4.79 Å². The highest BCUT2D eigenvalue weighted by Crippen LogP contribution is 2.23. The van der Waals surface area contributed by atoms with Gasteiger partial charge in [0.15, 0.2) is 0 Å². The van der Waals surface area contributed by atoms with Gasteiger partial charge in [-0.3, -0.25) is 4.79 Å². The van der Waals surface area contributed by atoms with Crippen molar-refractivity contribution in [2.24, 2.45) is 5.73 Å². The molecular formula is C23H23N3OS. The van der Waals surface area contributed by atoms with Crippen LogP contribution in [0.25, 0.3) is 10.9 Å². The lowest BCUT2D eigenvalue weighted by Gasteiger charge is -2.06. The first-order valence-electron chi connectivity index (χ1n) is 9.40. The van der Waals surface area contributed by atoms with Crippen molar-refractivity contribution in [3.8, 4) is 0 Å². The van der Waals surface area contributed by atoms with Gasteiger partial charge in [-0.1, -0.05) is 24.3 Å². The summed E-state index contributed by atoms with van der Waals surface area (Å²) in [6.07, 6.45) is 3.95. The predicted molar refractivity (Wildman–Crippen MR) is 116 cm³/mol. The molecule has 0 spiro atoms. The first-order chi connectivity index (χ1) is 13.7. The highest BCUT2D eigenvalue weighted by Gasteiger charge is 2.07. The molecule has 0 aliphatic heterocycles. The van der Waals surface area contributed by atoms with E-state index in [1.165, 1.54) is 21.4 Å². The Kier molecular flexibility index (Phi) is 5.55. The molecule has 2 aromatic carbocycles. The highest BCUT2D eigenvalue weighted by molar-refractivity contribution is 7.09.